The number of carbonyl (C=O) groups excluding carboxylic acids is 1. The molecule has 5 nitrogen and oxygen atoms in total. The number of imidazole rings is 1. The molecule has 12 heavy (non-hydrogen) atoms. The molecular weight excluding hydrogens is 158 g/mol. The Bertz CT molecular complexity index is 352. The highest BCUT2D eigenvalue weighted by atomic mass is 16.2. The molecular formula is C7H9N3O2. The number of hydrogen-bond acceptors (Lipinski definition) is 2. The summed E-state index contributed by atoms with van der Waals surface area (Å²) in [6.07, 6.45) is 3.64. The van der Waals surface area contributed by atoms with Crippen LogP contribution in [0.3, 0.4) is 0 Å². The van der Waals surface area contributed by atoms with Crippen LogP contribution >= 0.6 is 0 Å². The van der Waals surface area contributed by atoms with Crippen molar-refractivity contribution >= 4 is 5.91 Å². The van der Waals surface area contributed by atoms with Gasteiger partial charge in [0, 0.05) is 25.4 Å². The van der Waals surface area contributed by atoms with Crippen LogP contribution < -0.4 is 11.0 Å². The van der Waals surface area contributed by atoms with E-state index >= 15 is 0 Å². The van der Waals surface area contributed by atoms with E-state index in [1.54, 1.807) is 12.4 Å². The zero-order valence-corrected chi connectivity index (χ0v) is 6.41. The largest absolute Gasteiger partial charge is 0.354 e. The van der Waals surface area contributed by atoms with Crippen molar-refractivity contribution in [1.82, 2.24) is 14.9 Å². The van der Waals surface area contributed by atoms with Crippen molar-refractivity contribution in [3.8, 4) is 0 Å². The van der Waals surface area contributed by atoms with E-state index in [0.29, 0.717) is 13.0 Å². The second-order valence-corrected chi connectivity index (χ2v) is 2.83. The van der Waals surface area contributed by atoms with E-state index in [0.717, 1.165) is 0 Å². The molecule has 0 saturated carbocycles. The average molecular weight is 167 g/mol. The first-order valence-electron chi connectivity index (χ1n) is 3.79. The van der Waals surface area contributed by atoms with Crippen LogP contribution in [0.4, 0.5) is 0 Å². The number of nitrogens with zero attached hydrogens (tertiary/aromatic N) is 1. The summed E-state index contributed by atoms with van der Waals surface area (Å²) < 4.78 is 1.54. The summed E-state index contributed by atoms with van der Waals surface area (Å²) in [5, 5.41) is 2.67. The lowest BCUT2D eigenvalue weighted by molar-refractivity contribution is -0.119. The Morgan fingerprint density at radius 2 is 2.33 bits per heavy atom. The molecule has 64 valence electrons. The fourth-order valence-corrected chi connectivity index (χ4v) is 1.41. The first kappa shape index (κ1) is 7.15. The maximum atomic E-state index is 11.1. The van der Waals surface area contributed by atoms with Gasteiger partial charge in [-0.15, -0.1) is 0 Å². The molecule has 1 aliphatic rings. The quantitative estimate of drug-likeness (QED) is 0.577. The molecule has 1 fully saturated rings. The van der Waals surface area contributed by atoms with Gasteiger partial charge in [-0.25, -0.2) is 4.79 Å². The Labute approximate surface area is 68.4 Å². The summed E-state index contributed by atoms with van der Waals surface area (Å²) in [6, 6.07) is -0.0174. The van der Waals surface area contributed by atoms with Crippen LogP contribution in [0.1, 0.15) is 12.5 Å². The van der Waals surface area contributed by atoms with Gasteiger partial charge < -0.3 is 10.3 Å². The Morgan fingerprint density at radius 3 is 2.83 bits per heavy atom. The van der Waals surface area contributed by atoms with Crippen LogP contribution in [0.2, 0.25) is 0 Å². The summed E-state index contributed by atoms with van der Waals surface area (Å²) in [6.45, 7) is 0.552. The van der Waals surface area contributed by atoms with Gasteiger partial charge in [-0.3, -0.25) is 9.36 Å². The first-order valence-corrected chi connectivity index (χ1v) is 3.79. The van der Waals surface area contributed by atoms with Crippen molar-refractivity contribution < 1.29 is 4.79 Å². The van der Waals surface area contributed by atoms with Crippen LogP contribution in [0.15, 0.2) is 17.2 Å². The summed E-state index contributed by atoms with van der Waals surface area (Å²) >= 11 is 0. The van der Waals surface area contributed by atoms with Crippen LogP contribution in [-0.2, 0) is 4.79 Å². The lowest BCUT2D eigenvalue weighted by Gasteiger charge is -2.05. The van der Waals surface area contributed by atoms with Gasteiger partial charge in [-0.1, -0.05) is 0 Å². The fraction of sp³-hybridized carbons (Fsp3) is 0.429. The van der Waals surface area contributed by atoms with Gasteiger partial charge in [-0.2, -0.15) is 0 Å². The predicted molar refractivity (Wildman–Crippen MR) is 41.7 cm³/mol. The predicted octanol–water partition coefficient (Wildman–Crippen LogP) is -0.763. The van der Waals surface area contributed by atoms with Crippen LogP contribution in [0, 0.1) is 0 Å². The zero-order valence-electron chi connectivity index (χ0n) is 6.41. The van der Waals surface area contributed by atoms with Crippen molar-refractivity contribution in [2.45, 2.75) is 12.5 Å². The van der Waals surface area contributed by atoms with E-state index in [-0.39, 0.29) is 17.6 Å². The summed E-state index contributed by atoms with van der Waals surface area (Å²) in [5.74, 6) is 0.00750. The molecule has 1 aliphatic heterocycles. The minimum atomic E-state index is -0.156. The maximum absolute atomic E-state index is 11.1. The molecule has 0 radical (unpaired) electrons. The molecule has 2 rings (SSSR count). The average Bonchev–Trinajstić information content (AvgIpc) is 2.58. The van der Waals surface area contributed by atoms with E-state index in [1.165, 1.54) is 4.57 Å². The Balaban J connectivity index is 2.27. The minimum absolute atomic E-state index is 0.00750. The number of aromatic amines is 1. The van der Waals surface area contributed by atoms with Crippen molar-refractivity contribution in [3.05, 3.63) is 22.9 Å². The van der Waals surface area contributed by atoms with Crippen LogP contribution in [0.5, 0.6) is 0 Å². The third-order valence-corrected chi connectivity index (χ3v) is 2.03. The molecule has 0 bridgehead atoms. The number of aromatic nitrogens is 2. The molecule has 2 N–H and O–H groups in total. The molecule has 0 aromatic carbocycles. The third kappa shape index (κ3) is 1.03. The lowest BCUT2D eigenvalue weighted by atomic mass is 10.2. The number of hydrogen-bond donors (Lipinski definition) is 2. The fourth-order valence-electron chi connectivity index (χ4n) is 1.41. The third-order valence-electron chi connectivity index (χ3n) is 2.03. The van der Waals surface area contributed by atoms with Crippen molar-refractivity contribution in [1.29, 1.82) is 0 Å². The molecule has 2 heterocycles. The van der Waals surface area contributed by atoms with E-state index in [1.807, 2.05) is 0 Å². The van der Waals surface area contributed by atoms with Gasteiger partial charge in [0.25, 0.3) is 0 Å². The summed E-state index contributed by atoms with van der Waals surface area (Å²) in [5.41, 5.74) is -0.156. The zero-order chi connectivity index (χ0) is 8.55. The van der Waals surface area contributed by atoms with E-state index in [9.17, 15) is 9.59 Å². The van der Waals surface area contributed by atoms with Gasteiger partial charge in [-0.05, 0) is 0 Å². The normalized spacial score (nSPS) is 22.7. The number of rotatable bonds is 1. The second-order valence-electron chi connectivity index (χ2n) is 2.83. The number of H-pyrrole nitrogens is 1. The summed E-state index contributed by atoms with van der Waals surface area (Å²) in [4.78, 5) is 24.4. The highest BCUT2D eigenvalue weighted by Crippen LogP contribution is 2.12. The van der Waals surface area contributed by atoms with E-state index in [4.69, 9.17) is 0 Å². The molecule has 1 aromatic heterocycles. The Hall–Kier alpha value is -1.52. The van der Waals surface area contributed by atoms with Crippen molar-refractivity contribution in [2.75, 3.05) is 6.54 Å². The van der Waals surface area contributed by atoms with E-state index < -0.39 is 0 Å². The highest BCUT2D eigenvalue weighted by Gasteiger charge is 2.23. The number of nitrogens with one attached hydrogen (secondary N) is 2. The molecule has 1 aromatic rings. The van der Waals surface area contributed by atoms with Gasteiger partial charge in [0.1, 0.15) is 0 Å². The van der Waals surface area contributed by atoms with Crippen molar-refractivity contribution in [2.24, 2.45) is 0 Å². The molecule has 1 unspecified atom stereocenters. The van der Waals surface area contributed by atoms with Gasteiger partial charge >= 0.3 is 5.69 Å². The Morgan fingerprint density at radius 1 is 1.50 bits per heavy atom. The topological polar surface area (TPSA) is 66.9 Å². The molecule has 0 aliphatic carbocycles. The smallest absolute Gasteiger partial charge is 0.325 e. The van der Waals surface area contributed by atoms with Crippen molar-refractivity contribution in [3.63, 3.8) is 0 Å². The summed E-state index contributed by atoms with van der Waals surface area (Å²) in [7, 11) is 0. The second kappa shape index (κ2) is 2.51. The molecule has 1 amide bonds. The van der Waals surface area contributed by atoms with Gasteiger partial charge in [0.15, 0.2) is 0 Å². The number of carbonyl (C=O) groups is 1. The molecule has 1 saturated heterocycles. The first-order chi connectivity index (χ1) is 5.77. The monoisotopic (exact) mass is 167 g/mol. The standard InChI is InChI=1S/C7H9N3O2/c11-6-3-5(4-9-6)10-2-1-8-7(10)12/h1-2,5H,3-4H2,(H,8,12)(H,9,11). The lowest BCUT2D eigenvalue weighted by Crippen LogP contribution is -2.23. The number of amides is 1. The SMILES string of the molecule is O=C1CC(n2cc[nH]c2=O)CN1. The maximum Gasteiger partial charge on any atom is 0.325 e. The molecule has 0 spiro atoms. The minimum Gasteiger partial charge on any atom is -0.354 e. The van der Waals surface area contributed by atoms with Gasteiger partial charge in [0.2, 0.25) is 5.91 Å². The van der Waals surface area contributed by atoms with E-state index in [2.05, 4.69) is 10.3 Å². The highest BCUT2D eigenvalue weighted by molar-refractivity contribution is 5.78. The molecule has 5 heteroatoms. The Kier molecular flexibility index (Phi) is 1.49. The van der Waals surface area contributed by atoms with Crippen LogP contribution in [0.25, 0.3) is 0 Å². The van der Waals surface area contributed by atoms with Crippen LogP contribution in [-0.4, -0.2) is 22.0 Å². The van der Waals surface area contributed by atoms with Gasteiger partial charge in [0.05, 0.1) is 6.04 Å². The molecule has 1 atom stereocenters.